The number of benzene rings is 2. The molecule has 1 saturated heterocycles. The molecule has 23 heavy (non-hydrogen) atoms. The van der Waals surface area contributed by atoms with E-state index in [1.807, 2.05) is 12.1 Å². The second-order valence-corrected chi connectivity index (χ2v) is 6.24. The summed E-state index contributed by atoms with van der Waals surface area (Å²) < 4.78 is 0. The lowest BCUT2D eigenvalue weighted by molar-refractivity contribution is 0.124. The summed E-state index contributed by atoms with van der Waals surface area (Å²) in [6.45, 7) is 9.16. The van der Waals surface area contributed by atoms with Gasteiger partial charge in [-0.1, -0.05) is 52.7 Å². The number of piperazine rings is 1. The predicted molar refractivity (Wildman–Crippen MR) is 93.7 cm³/mol. The molecule has 120 valence electrons. The number of rotatable bonds is 4. The van der Waals surface area contributed by atoms with Gasteiger partial charge < -0.3 is 0 Å². The standard InChI is InChI=1S/C19H24N4/c1-16-6-8-19(9-7-16)20-21-23-12-10-22(11-13-23)15-18-5-3-4-17(2)14-18/h3-9,14H,10-13,15H2,1-2H3. The van der Waals surface area contributed by atoms with Crippen LogP contribution in [-0.4, -0.2) is 36.1 Å². The Bertz CT molecular complexity index is 655. The Morgan fingerprint density at radius 1 is 0.870 bits per heavy atom. The second-order valence-electron chi connectivity index (χ2n) is 6.24. The average molecular weight is 308 g/mol. The largest absolute Gasteiger partial charge is 0.295 e. The molecule has 0 atom stereocenters. The monoisotopic (exact) mass is 308 g/mol. The molecule has 4 nitrogen and oxygen atoms in total. The zero-order chi connectivity index (χ0) is 16.1. The molecule has 2 aromatic rings. The molecule has 1 fully saturated rings. The quantitative estimate of drug-likeness (QED) is 0.796. The number of nitrogens with zero attached hydrogens (tertiary/aromatic N) is 4. The van der Waals surface area contributed by atoms with Crippen molar-refractivity contribution < 1.29 is 0 Å². The Labute approximate surface area is 138 Å². The topological polar surface area (TPSA) is 31.2 Å². The maximum absolute atomic E-state index is 4.37. The normalized spacial score (nSPS) is 16.2. The van der Waals surface area contributed by atoms with Gasteiger partial charge in [0.25, 0.3) is 0 Å². The van der Waals surface area contributed by atoms with Crippen LogP contribution < -0.4 is 0 Å². The van der Waals surface area contributed by atoms with Crippen LogP contribution in [0, 0.1) is 13.8 Å². The van der Waals surface area contributed by atoms with Gasteiger partial charge in [-0.25, -0.2) is 0 Å². The fourth-order valence-corrected chi connectivity index (χ4v) is 2.78. The van der Waals surface area contributed by atoms with Crippen molar-refractivity contribution in [2.75, 3.05) is 26.2 Å². The summed E-state index contributed by atoms with van der Waals surface area (Å²) in [6.07, 6.45) is 0. The number of hydrogen-bond donors (Lipinski definition) is 0. The molecule has 3 rings (SSSR count). The van der Waals surface area contributed by atoms with E-state index >= 15 is 0 Å². The van der Waals surface area contributed by atoms with Gasteiger partial charge in [-0.3, -0.25) is 9.91 Å². The molecule has 0 radical (unpaired) electrons. The van der Waals surface area contributed by atoms with Crippen LogP contribution in [0.5, 0.6) is 0 Å². The first-order valence-corrected chi connectivity index (χ1v) is 8.20. The van der Waals surface area contributed by atoms with Crippen molar-refractivity contribution in [1.82, 2.24) is 9.91 Å². The van der Waals surface area contributed by atoms with Gasteiger partial charge in [0.05, 0.1) is 18.8 Å². The van der Waals surface area contributed by atoms with Crippen LogP contribution in [0.25, 0.3) is 0 Å². The first-order chi connectivity index (χ1) is 11.2. The molecule has 1 aliphatic heterocycles. The Kier molecular flexibility index (Phi) is 5.03. The molecular formula is C19H24N4. The number of hydrogen-bond acceptors (Lipinski definition) is 3. The Hall–Kier alpha value is -2.20. The van der Waals surface area contributed by atoms with E-state index in [0.717, 1.165) is 38.4 Å². The molecular weight excluding hydrogens is 284 g/mol. The van der Waals surface area contributed by atoms with Crippen molar-refractivity contribution in [3.05, 3.63) is 65.2 Å². The third kappa shape index (κ3) is 4.63. The van der Waals surface area contributed by atoms with Crippen molar-refractivity contribution in [2.45, 2.75) is 20.4 Å². The van der Waals surface area contributed by atoms with Crippen LogP contribution in [0.3, 0.4) is 0 Å². The second kappa shape index (κ2) is 7.38. The smallest absolute Gasteiger partial charge is 0.0874 e. The van der Waals surface area contributed by atoms with Crippen molar-refractivity contribution in [3.63, 3.8) is 0 Å². The molecule has 0 amide bonds. The minimum atomic E-state index is 0.915. The van der Waals surface area contributed by atoms with E-state index in [4.69, 9.17) is 0 Å². The van der Waals surface area contributed by atoms with Gasteiger partial charge in [-0.2, -0.15) is 0 Å². The Morgan fingerprint density at radius 2 is 1.61 bits per heavy atom. The van der Waals surface area contributed by atoms with Gasteiger partial charge in [0, 0.05) is 19.6 Å². The summed E-state index contributed by atoms with van der Waals surface area (Å²) in [5, 5.41) is 10.8. The molecule has 1 heterocycles. The first kappa shape index (κ1) is 15.7. The van der Waals surface area contributed by atoms with Gasteiger partial charge >= 0.3 is 0 Å². The van der Waals surface area contributed by atoms with E-state index in [1.165, 1.54) is 16.7 Å². The summed E-state index contributed by atoms with van der Waals surface area (Å²) in [7, 11) is 0. The first-order valence-electron chi connectivity index (χ1n) is 8.20. The van der Waals surface area contributed by atoms with E-state index in [0.29, 0.717) is 0 Å². The molecule has 2 aromatic carbocycles. The van der Waals surface area contributed by atoms with E-state index in [9.17, 15) is 0 Å². The fraction of sp³-hybridized carbons (Fsp3) is 0.368. The van der Waals surface area contributed by atoms with Gasteiger partial charge in [-0.15, -0.1) is 5.11 Å². The van der Waals surface area contributed by atoms with Crippen LogP contribution in [0.2, 0.25) is 0 Å². The van der Waals surface area contributed by atoms with Gasteiger partial charge in [-0.05, 0) is 31.5 Å². The lowest BCUT2D eigenvalue weighted by Gasteiger charge is -2.32. The SMILES string of the molecule is Cc1ccc(N=NN2CCN(Cc3cccc(C)c3)CC2)cc1. The molecule has 1 aliphatic rings. The summed E-state index contributed by atoms with van der Waals surface area (Å²) >= 11 is 0. The van der Waals surface area contributed by atoms with Crippen molar-refractivity contribution in [1.29, 1.82) is 0 Å². The highest BCUT2D eigenvalue weighted by Crippen LogP contribution is 2.15. The predicted octanol–water partition coefficient (Wildman–Crippen LogP) is 4.12. The minimum absolute atomic E-state index is 0.915. The Morgan fingerprint density at radius 3 is 2.30 bits per heavy atom. The van der Waals surface area contributed by atoms with Gasteiger partial charge in [0.1, 0.15) is 0 Å². The van der Waals surface area contributed by atoms with Gasteiger partial charge in [0.15, 0.2) is 0 Å². The van der Waals surface area contributed by atoms with Crippen molar-refractivity contribution in [3.8, 4) is 0 Å². The highest BCUT2D eigenvalue weighted by molar-refractivity contribution is 5.37. The van der Waals surface area contributed by atoms with Crippen LogP contribution in [0.15, 0.2) is 58.9 Å². The maximum atomic E-state index is 4.37. The summed E-state index contributed by atoms with van der Waals surface area (Å²) in [5.41, 5.74) is 4.87. The van der Waals surface area contributed by atoms with Crippen LogP contribution >= 0.6 is 0 Å². The highest BCUT2D eigenvalue weighted by atomic mass is 15.6. The van der Waals surface area contributed by atoms with E-state index in [1.54, 1.807) is 0 Å². The molecule has 0 saturated carbocycles. The molecule has 0 aromatic heterocycles. The molecule has 0 N–H and O–H groups in total. The van der Waals surface area contributed by atoms with Crippen LogP contribution in [0.4, 0.5) is 5.69 Å². The molecule has 4 heteroatoms. The average Bonchev–Trinajstić information content (AvgIpc) is 2.56. The molecule has 0 aliphatic carbocycles. The number of aryl methyl sites for hydroxylation is 2. The molecule has 0 spiro atoms. The third-order valence-electron chi connectivity index (χ3n) is 4.16. The summed E-state index contributed by atoms with van der Waals surface area (Å²) in [4.78, 5) is 2.48. The van der Waals surface area contributed by atoms with E-state index in [2.05, 4.69) is 70.5 Å². The lowest BCUT2D eigenvalue weighted by Crippen LogP contribution is -2.43. The maximum Gasteiger partial charge on any atom is 0.0874 e. The summed E-state index contributed by atoms with van der Waals surface area (Å²) in [5.74, 6) is 0. The van der Waals surface area contributed by atoms with Crippen LogP contribution in [-0.2, 0) is 6.54 Å². The molecule has 0 bridgehead atoms. The van der Waals surface area contributed by atoms with E-state index < -0.39 is 0 Å². The minimum Gasteiger partial charge on any atom is -0.295 e. The van der Waals surface area contributed by atoms with Crippen molar-refractivity contribution >= 4 is 5.69 Å². The Balaban J connectivity index is 1.49. The van der Waals surface area contributed by atoms with E-state index in [-0.39, 0.29) is 0 Å². The van der Waals surface area contributed by atoms with Gasteiger partial charge in [0.2, 0.25) is 0 Å². The fourth-order valence-electron chi connectivity index (χ4n) is 2.78. The van der Waals surface area contributed by atoms with Crippen LogP contribution in [0.1, 0.15) is 16.7 Å². The summed E-state index contributed by atoms with van der Waals surface area (Å²) in [6, 6.07) is 16.9. The zero-order valence-corrected chi connectivity index (χ0v) is 13.9. The zero-order valence-electron chi connectivity index (χ0n) is 13.9. The molecule has 0 unspecified atom stereocenters. The van der Waals surface area contributed by atoms with Crippen molar-refractivity contribution in [2.24, 2.45) is 10.3 Å². The third-order valence-corrected chi connectivity index (χ3v) is 4.16. The highest BCUT2D eigenvalue weighted by Gasteiger charge is 2.15. The lowest BCUT2D eigenvalue weighted by atomic mass is 10.1.